The van der Waals surface area contributed by atoms with E-state index in [1.165, 1.54) is 16.7 Å². The number of nitrogens with zero attached hydrogens (tertiary/aromatic N) is 2. The summed E-state index contributed by atoms with van der Waals surface area (Å²) in [5, 5.41) is 5.67. The second kappa shape index (κ2) is 8.78. The quantitative estimate of drug-likeness (QED) is 0.434. The molecule has 2 N–H and O–H groups in total. The Balaban J connectivity index is 1.88. The van der Waals surface area contributed by atoms with Gasteiger partial charge in [0.05, 0.1) is 22.2 Å². The number of benzene rings is 2. The fourth-order valence-electron chi connectivity index (χ4n) is 2.80. The molecule has 0 aliphatic heterocycles. The number of halogens is 3. The van der Waals surface area contributed by atoms with E-state index in [4.69, 9.17) is 5.14 Å². The normalized spacial score (nSPS) is 12.4. The van der Waals surface area contributed by atoms with Crippen molar-refractivity contribution in [2.24, 2.45) is 5.14 Å². The summed E-state index contributed by atoms with van der Waals surface area (Å²) in [4.78, 5) is 17.3. The van der Waals surface area contributed by atoms with E-state index >= 15 is 0 Å². The third-order valence-corrected chi connectivity index (χ3v) is 6.23. The van der Waals surface area contributed by atoms with Crippen LogP contribution in [0, 0.1) is 0 Å². The van der Waals surface area contributed by atoms with Crippen LogP contribution in [0.3, 0.4) is 0 Å². The predicted molar refractivity (Wildman–Crippen MR) is 109 cm³/mol. The lowest BCUT2D eigenvalue weighted by Gasteiger charge is -2.14. The summed E-state index contributed by atoms with van der Waals surface area (Å²) in [6.45, 7) is 0.180. The minimum absolute atomic E-state index is 0.0285. The Kier molecular flexibility index (Phi) is 6.53. The highest BCUT2D eigenvalue weighted by atomic mass is 32.2. The molecule has 0 saturated carbocycles. The highest BCUT2D eigenvalue weighted by Crippen LogP contribution is 2.26. The molecule has 0 unspecified atom stereocenters. The average Bonchev–Trinajstić information content (AvgIpc) is 2.66. The Labute approximate surface area is 175 Å². The standard InChI is InChI=1S/C19H18F3N3O3S2/c20-19(21,22)10-12-29-18-24-16-4-2-1-3-15(16)17(26)25(18)11-9-13-5-7-14(8-6-13)30(23,27)28/h1-8H,9-12H2,(H2,23,27,28). The van der Waals surface area contributed by atoms with Gasteiger partial charge < -0.3 is 0 Å². The maximum atomic E-state index is 12.9. The summed E-state index contributed by atoms with van der Waals surface area (Å²) in [6.07, 6.45) is -4.92. The molecule has 6 nitrogen and oxygen atoms in total. The Morgan fingerprint density at radius 3 is 2.37 bits per heavy atom. The van der Waals surface area contributed by atoms with Gasteiger partial charge in [0.2, 0.25) is 10.0 Å². The molecule has 0 aliphatic carbocycles. The molecular formula is C19H18F3N3O3S2. The molecule has 160 valence electrons. The van der Waals surface area contributed by atoms with E-state index < -0.39 is 22.6 Å². The van der Waals surface area contributed by atoms with E-state index in [1.807, 2.05) is 0 Å². The second-order valence-electron chi connectivity index (χ2n) is 6.52. The molecule has 0 amide bonds. The van der Waals surface area contributed by atoms with Crippen LogP contribution in [0.1, 0.15) is 12.0 Å². The summed E-state index contributed by atoms with van der Waals surface area (Å²) >= 11 is 0.880. The van der Waals surface area contributed by atoms with Crippen molar-refractivity contribution in [3.05, 3.63) is 64.4 Å². The number of hydrogen-bond donors (Lipinski definition) is 1. The largest absolute Gasteiger partial charge is 0.389 e. The number of primary sulfonamides is 1. The topological polar surface area (TPSA) is 95.1 Å². The first-order chi connectivity index (χ1) is 14.0. The summed E-state index contributed by atoms with van der Waals surface area (Å²) in [5.41, 5.74) is 0.829. The fraction of sp³-hybridized carbons (Fsp3) is 0.263. The number of thioether (sulfide) groups is 1. The molecule has 11 heteroatoms. The number of para-hydroxylation sites is 1. The van der Waals surface area contributed by atoms with E-state index in [2.05, 4.69) is 4.98 Å². The van der Waals surface area contributed by atoms with Crippen LogP contribution in [0.4, 0.5) is 13.2 Å². The average molecular weight is 457 g/mol. The number of aryl methyl sites for hydroxylation is 1. The van der Waals surface area contributed by atoms with Crippen LogP contribution in [0.15, 0.2) is 63.4 Å². The number of nitrogens with two attached hydrogens (primary N) is 1. The van der Waals surface area contributed by atoms with Gasteiger partial charge in [-0.2, -0.15) is 13.2 Å². The zero-order valence-electron chi connectivity index (χ0n) is 15.6. The van der Waals surface area contributed by atoms with Gasteiger partial charge in [-0.05, 0) is 36.2 Å². The first-order valence-electron chi connectivity index (χ1n) is 8.85. The summed E-state index contributed by atoms with van der Waals surface area (Å²) in [5.74, 6) is -0.253. The number of hydrogen-bond acceptors (Lipinski definition) is 5. The lowest BCUT2D eigenvalue weighted by atomic mass is 10.1. The van der Waals surface area contributed by atoms with Gasteiger partial charge >= 0.3 is 6.18 Å². The van der Waals surface area contributed by atoms with Gasteiger partial charge in [-0.3, -0.25) is 9.36 Å². The van der Waals surface area contributed by atoms with Crippen molar-refractivity contribution in [3.63, 3.8) is 0 Å². The molecule has 0 bridgehead atoms. The summed E-state index contributed by atoms with van der Waals surface area (Å²) in [6, 6.07) is 12.5. The van der Waals surface area contributed by atoms with Crippen LogP contribution in [0.5, 0.6) is 0 Å². The lowest BCUT2D eigenvalue weighted by molar-refractivity contribution is -0.129. The zero-order valence-corrected chi connectivity index (χ0v) is 17.2. The van der Waals surface area contributed by atoms with Crippen LogP contribution >= 0.6 is 11.8 Å². The van der Waals surface area contributed by atoms with Crippen LogP contribution in [-0.4, -0.2) is 29.9 Å². The van der Waals surface area contributed by atoms with Gasteiger partial charge in [0, 0.05) is 12.3 Å². The SMILES string of the molecule is NS(=O)(=O)c1ccc(CCn2c(SCCC(F)(F)F)nc3ccccc3c2=O)cc1. The Bertz CT molecular complexity index is 1210. The van der Waals surface area contributed by atoms with Crippen molar-refractivity contribution in [1.82, 2.24) is 9.55 Å². The molecule has 1 aromatic heterocycles. The maximum Gasteiger partial charge on any atom is 0.389 e. The molecule has 0 saturated heterocycles. The number of rotatable bonds is 7. The van der Waals surface area contributed by atoms with E-state index in [1.54, 1.807) is 36.4 Å². The molecule has 0 radical (unpaired) electrons. The van der Waals surface area contributed by atoms with Gasteiger partial charge in [-0.25, -0.2) is 18.5 Å². The monoisotopic (exact) mass is 457 g/mol. The van der Waals surface area contributed by atoms with Crippen molar-refractivity contribution in [3.8, 4) is 0 Å². The molecule has 2 aromatic carbocycles. The Morgan fingerprint density at radius 2 is 1.73 bits per heavy atom. The first kappa shape index (κ1) is 22.3. The summed E-state index contributed by atoms with van der Waals surface area (Å²) in [7, 11) is -3.81. The van der Waals surface area contributed by atoms with Gasteiger partial charge in [-0.1, -0.05) is 36.0 Å². The van der Waals surface area contributed by atoms with Gasteiger partial charge in [0.1, 0.15) is 0 Å². The molecule has 0 aliphatic rings. The molecular weight excluding hydrogens is 439 g/mol. The number of fused-ring (bicyclic) bond motifs is 1. The highest BCUT2D eigenvalue weighted by Gasteiger charge is 2.27. The third kappa shape index (κ3) is 5.61. The molecule has 0 spiro atoms. The Hall–Kier alpha value is -2.37. The maximum absolute atomic E-state index is 12.9. The van der Waals surface area contributed by atoms with Crippen LogP contribution in [0.2, 0.25) is 0 Å². The molecule has 1 heterocycles. The second-order valence-corrected chi connectivity index (χ2v) is 9.14. The minimum Gasteiger partial charge on any atom is -0.287 e. The van der Waals surface area contributed by atoms with Gasteiger partial charge in [0.15, 0.2) is 5.16 Å². The summed E-state index contributed by atoms with van der Waals surface area (Å²) < 4.78 is 61.6. The minimum atomic E-state index is -4.29. The van der Waals surface area contributed by atoms with Crippen LogP contribution < -0.4 is 10.7 Å². The molecule has 0 atom stereocenters. The third-order valence-electron chi connectivity index (χ3n) is 4.32. The van der Waals surface area contributed by atoms with Crippen LogP contribution in [-0.2, 0) is 23.0 Å². The molecule has 3 aromatic rings. The predicted octanol–water partition coefficient (Wildman–Crippen LogP) is 3.33. The Morgan fingerprint density at radius 1 is 1.07 bits per heavy atom. The number of alkyl halides is 3. The van der Waals surface area contributed by atoms with E-state index in [0.29, 0.717) is 17.3 Å². The number of sulfonamides is 1. The van der Waals surface area contributed by atoms with Crippen molar-refractivity contribution in [1.29, 1.82) is 0 Å². The molecule has 3 rings (SSSR count). The van der Waals surface area contributed by atoms with Gasteiger partial charge in [-0.15, -0.1) is 0 Å². The van der Waals surface area contributed by atoms with E-state index in [9.17, 15) is 26.4 Å². The smallest absolute Gasteiger partial charge is 0.287 e. The van der Waals surface area contributed by atoms with Crippen LogP contribution in [0.25, 0.3) is 10.9 Å². The first-order valence-corrected chi connectivity index (χ1v) is 11.4. The van der Waals surface area contributed by atoms with E-state index in [-0.39, 0.29) is 27.9 Å². The fourth-order valence-corrected chi connectivity index (χ4v) is 4.32. The highest BCUT2D eigenvalue weighted by molar-refractivity contribution is 7.99. The van der Waals surface area contributed by atoms with Crippen molar-refractivity contribution >= 4 is 32.7 Å². The molecule has 30 heavy (non-hydrogen) atoms. The van der Waals surface area contributed by atoms with Crippen molar-refractivity contribution in [2.75, 3.05) is 5.75 Å². The van der Waals surface area contributed by atoms with Gasteiger partial charge in [0.25, 0.3) is 5.56 Å². The van der Waals surface area contributed by atoms with E-state index in [0.717, 1.165) is 17.3 Å². The lowest BCUT2D eigenvalue weighted by Crippen LogP contribution is -2.24. The molecule has 0 fully saturated rings. The van der Waals surface area contributed by atoms with Crippen molar-refractivity contribution in [2.45, 2.75) is 35.6 Å². The van der Waals surface area contributed by atoms with Crippen molar-refractivity contribution < 1.29 is 21.6 Å². The zero-order chi connectivity index (χ0) is 21.9. The number of aromatic nitrogens is 2.